The third-order valence-corrected chi connectivity index (χ3v) is 3.30. The molecule has 0 aliphatic carbocycles. The van der Waals surface area contributed by atoms with E-state index < -0.39 is 6.61 Å². The van der Waals surface area contributed by atoms with Crippen LogP contribution in [-0.2, 0) is 0 Å². The van der Waals surface area contributed by atoms with Gasteiger partial charge in [-0.2, -0.15) is 8.78 Å². The van der Waals surface area contributed by atoms with Crippen molar-refractivity contribution >= 4 is 17.3 Å². The number of hydrogen-bond donors (Lipinski definition) is 2. The van der Waals surface area contributed by atoms with E-state index in [1.807, 2.05) is 0 Å². The van der Waals surface area contributed by atoms with Gasteiger partial charge in [0.1, 0.15) is 5.75 Å². The van der Waals surface area contributed by atoms with E-state index in [9.17, 15) is 13.6 Å². The predicted octanol–water partition coefficient (Wildman–Crippen LogP) is 3.10. The standard InChI is InChI=1S/C17H18F2N2O3/c1-21(10-11-22)16(23)14-4-2-3-5-15(14)20-12-6-8-13(9-7-12)24-17(18)19/h2-9,17,20,22H,10-11H2,1H3. The van der Waals surface area contributed by atoms with Crippen LogP contribution in [0.5, 0.6) is 5.75 Å². The summed E-state index contributed by atoms with van der Waals surface area (Å²) in [6, 6.07) is 12.9. The Morgan fingerprint density at radius 3 is 2.50 bits per heavy atom. The minimum absolute atomic E-state index is 0.0580. The zero-order valence-electron chi connectivity index (χ0n) is 13.1. The molecule has 0 heterocycles. The average Bonchev–Trinajstić information content (AvgIpc) is 2.56. The molecule has 7 heteroatoms. The summed E-state index contributed by atoms with van der Waals surface area (Å²) in [6.07, 6.45) is 0. The van der Waals surface area contributed by atoms with Crippen molar-refractivity contribution in [3.05, 3.63) is 54.1 Å². The van der Waals surface area contributed by atoms with Crippen molar-refractivity contribution in [2.24, 2.45) is 0 Å². The second-order valence-corrected chi connectivity index (χ2v) is 5.02. The highest BCUT2D eigenvalue weighted by molar-refractivity contribution is 6.00. The first-order chi connectivity index (χ1) is 11.5. The fourth-order valence-electron chi connectivity index (χ4n) is 2.11. The molecular weight excluding hydrogens is 318 g/mol. The highest BCUT2D eigenvalue weighted by Crippen LogP contribution is 2.24. The Labute approximate surface area is 138 Å². The number of ether oxygens (including phenoxy) is 1. The number of rotatable bonds is 7. The molecule has 0 aliphatic heterocycles. The summed E-state index contributed by atoms with van der Waals surface area (Å²) in [4.78, 5) is 13.8. The summed E-state index contributed by atoms with van der Waals surface area (Å²) in [5.41, 5.74) is 1.65. The number of alkyl halides is 2. The number of aliphatic hydroxyl groups excluding tert-OH is 1. The number of para-hydroxylation sites is 1. The molecule has 1 amide bonds. The lowest BCUT2D eigenvalue weighted by Crippen LogP contribution is -2.29. The topological polar surface area (TPSA) is 61.8 Å². The molecule has 24 heavy (non-hydrogen) atoms. The van der Waals surface area contributed by atoms with E-state index in [0.29, 0.717) is 16.9 Å². The normalized spacial score (nSPS) is 10.5. The number of nitrogens with zero attached hydrogens (tertiary/aromatic N) is 1. The first-order valence-electron chi connectivity index (χ1n) is 7.28. The number of halogens is 2. The number of anilines is 2. The SMILES string of the molecule is CN(CCO)C(=O)c1ccccc1Nc1ccc(OC(F)F)cc1. The van der Waals surface area contributed by atoms with Gasteiger partial charge in [-0.15, -0.1) is 0 Å². The summed E-state index contributed by atoms with van der Waals surface area (Å²) < 4.78 is 28.6. The summed E-state index contributed by atoms with van der Waals surface area (Å²) in [5, 5.41) is 12.0. The highest BCUT2D eigenvalue weighted by atomic mass is 19.3. The maximum atomic E-state index is 12.4. The van der Waals surface area contributed by atoms with Crippen molar-refractivity contribution < 1.29 is 23.4 Å². The molecule has 2 rings (SSSR count). The number of benzene rings is 2. The van der Waals surface area contributed by atoms with Gasteiger partial charge in [-0.3, -0.25) is 4.79 Å². The minimum Gasteiger partial charge on any atom is -0.435 e. The van der Waals surface area contributed by atoms with Crippen LogP contribution in [0.25, 0.3) is 0 Å². The lowest BCUT2D eigenvalue weighted by Gasteiger charge is -2.18. The van der Waals surface area contributed by atoms with Gasteiger partial charge in [0.2, 0.25) is 0 Å². The fourth-order valence-corrected chi connectivity index (χ4v) is 2.11. The molecule has 2 aromatic carbocycles. The van der Waals surface area contributed by atoms with Crippen LogP contribution in [0.2, 0.25) is 0 Å². The Hall–Kier alpha value is -2.67. The molecule has 0 saturated carbocycles. The van der Waals surface area contributed by atoms with E-state index in [1.165, 1.54) is 17.0 Å². The second-order valence-electron chi connectivity index (χ2n) is 5.02. The Kier molecular flexibility index (Phi) is 6.08. The van der Waals surface area contributed by atoms with Crippen LogP contribution in [0, 0.1) is 0 Å². The Morgan fingerprint density at radius 1 is 1.21 bits per heavy atom. The molecule has 0 atom stereocenters. The number of aliphatic hydroxyl groups is 1. The van der Waals surface area contributed by atoms with Crippen molar-refractivity contribution in [2.45, 2.75) is 6.61 Å². The third kappa shape index (κ3) is 4.66. The lowest BCUT2D eigenvalue weighted by molar-refractivity contribution is -0.0498. The first-order valence-corrected chi connectivity index (χ1v) is 7.28. The molecule has 5 nitrogen and oxygen atoms in total. The molecular formula is C17H18F2N2O3. The van der Waals surface area contributed by atoms with Crippen LogP contribution in [0.15, 0.2) is 48.5 Å². The second kappa shape index (κ2) is 8.26. The fraction of sp³-hybridized carbons (Fsp3) is 0.235. The van der Waals surface area contributed by atoms with E-state index in [0.717, 1.165) is 0 Å². The number of amides is 1. The van der Waals surface area contributed by atoms with Crippen LogP contribution in [0.4, 0.5) is 20.2 Å². The van der Waals surface area contributed by atoms with Gasteiger partial charge < -0.3 is 20.1 Å². The van der Waals surface area contributed by atoms with Crippen LogP contribution < -0.4 is 10.1 Å². The van der Waals surface area contributed by atoms with Gasteiger partial charge in [0.05, 0.1) is 17.9 Å². The molecule has 0 aromatic heterocycles. The molecule has 0 radical (unpaired) electrons. The zero-order chi connectivity index (χ0) is 17.5. The van der Waals surface area contributed by atoms with E-state index in [4.69, 9.17) is 5.11 Å². The van der Waals surface area contributed by atoms with Gasteiger partial charge in [0, 0.05) is 19.3 Å². The van der Waals surface area contributed by atoms with Crippen LogP contribution >= 0.6 is 0 Å². The summed E-state index contributed by atoms with van der Waals surface area (Å²) in [7, 11) is 1.60. The number of likely N-dealkylation sites (N-methyl/N-ethyl adjacent to an activating group) is 1. The monoisotopic (exact) mass is 336 g/mol. The molecule has 2 N–H and O–H groups in total. The third-order valence-electron chi connectivity index (χ3n) is 3.30. The Morgan fingerprint density at radius 2 is 1.88 bits per heavy atom. The minimum atomic E-state index is -2.87. The predicted molar refractivity (Wildman–Crippen MR) is 86.8 cm³/mol. The Bertz CT molecular complexity index is 678. The molecule has 0 bridgehead atoms. The quantitative estimate of drug-likeness (QED) is 0.816. The summed E-state index contributed by atoms with van der Waals surface area (Å²) in [5.74, 6) is -0.174. The number of nitrogens with one attached hydrogen (secondary N) is 1. The molecule has 0 aliphatic rings. The summed E-state index contributed by atoms with van der Waals surface area (Å²) >= 11 is 0. The van der Waals surface area contributed by atoms with E-state index >= 15 is 0 Å². The number of carbonyl (C=O) groups excluding carboxylic acids is 1. The molecule has 0 fully saturated rings. The van der Waals surface area contributed by atoms with Gasteiger partial charge in [-0.1, -0.05) is 12.1 Å². The van der Waals surface area contributed by atoms with Gasteiger partial charge in [0.25, 0.3) is 5.91 Å². The maximum Gasteiger partial charge on any atom is 0.387 e. The van der Waals surface area contributed by atoms with Gasteiger partial charge in [-0.25, -0.2) is 0 Å². The van der Waals surface area contributed by atoms with E-state index in [-0.39, 0.29) is 24.8 Å². The maximum absolute atomic E-state index is 12.4. The van der Waals surface area contributed by atoms with Crippen molar-refractivity contribution in [1.29, 1.82) is 0 Å². The van der Waals surface area contributed by atoms with Crippen LogP contribution in [0.3, 0.4) is 0 Å². The van der Waals surface area contributed by atoms with Gasteiger partial charge in [0.15, 0.2) is 0 Å². The van der Waals surface area contributed by atoms with E-state index in [1.54, 1.807) is 43.4 Å². The van der Waals surface area contributed by atoms with Crippen LogP contribution in [-0.4, -0.2) is 42.7 Å². The lowest BCUT2D eigenvalue weighted by atomic mass is 10.1. The number of carbonyl (C=O) groups is 1. The first kappa shape index (κ1) is 17.7. The van der Waals surface area contributed by atoms with Crippen molar-refractivity contribution in [3.63, 3.8) is 0 Å². The zero-order valence-corrected chi connectivity index (χ0v) is 13.1. The molecule has 128 valence electrons. The average molecular weight is 336 g/mol. The smallest absolute Gasteiger partial charge is 0.387 e. The molecule has 2 aromatic rings. The van der Waals surface area contributed by atoms with Crippen molar-refractivity contribution in [3.8, 4) is 5.75 Å². The molecule has 0 saturated heterocycles. The van der Waals surface area contributed by atoms with Gasteiger partial charge in [-0.05, 0) is 36.4 Å². The summed E-state index contributed by atoms with van der Waals surface area (Å²) in [6.45, 7) is -2.76. The largest absolute Gasteiger partial charge is 0.435 e. The highest BCUT2D eigenvalue weighted by Gasteiger charge is 2.15. The van der Waals surface area contributed by atoms with Crippen molar-refractivity contribution in [2.75, 3.05) is 25.5 Å². The van der Waals surface area contributed by atoms with Gasteiger partial charge >= 0.3 is 6.61 Å². The molecule has 0 unspecified atom stereocenters. The van der Waals surface area contributed by atoms with E-state index in [2.05, 4.69) is 10.1 Å². The Balaban J connectivity index is 2.16. The van der Waals surface area contributed by atoms with Crippen LogP contribution in [0.1, 0.15) is 10.4 Å². The number of hydrogen-bond acceptors (Lipinski definition) is 4. The van der Waals surface area contributed by atoms with Crippen molar-refractivity contribution in [1.82, 2.24) is 4.90 Å². The molecule has 0 spiro atoms.